The molecule has 5 heteroatoms. The van der Waals surface area contributed by atoms with Crippen molar-refractivity contribution in [3.05, 3.63) is 28.8 Å². The summed E-state index contributed by atoms with van der Waals surface area (Å²) in [4.78, 5) is 11.3. The Morgan fingerprint density at radius 2 is 2.06 bits per heavy atom. The second-order valence-electron chi connectivity index (χ2n) is 4.62. The number of phenolic OH excluding ortho intramolecular Hbond substituents is 1. The van der Waals surface area contributed by atoms with Crippen molar-refractivity contribution in [2.75, 3.05) is 0 Å². The van der Waals surface area contributed by atoms with Gasteiger partial charge in [0.2, 0.25) is 0 Å². The molecule has 1 aromatic rings. The summed E-state index contributed by atoms with van der Waals surface area (Å²) in [6.45, 7) is 0. The minimum atomic E-state index is -1.00. The number of benzene rings is 1. The van der Waals surface area contributed by atoms with Crippen LogP contribution in [0.15, 0.2) is 18.2 Å². The Kier molecular flexibility index (Phi) is 4.09. The van der Waals surface area contributed by atoms with Gasteiger partial charge in [0.25, 0.3) is 0 Å². The van der Waals surface area contributed by atoms with Gasteiger partial charge in [-0.1, -0.05) is 24.4 Å². The zero-order valence-corrected chi connectivity index (χ0v) is 10.7. The van der Waals surface area contributed by atoms with Gasteiger partial charge in [0.15, 0.2) is 0 Å². The second-order valence-corrected chi connectivity index (χ2v) is 5.06. The Balaban J connectivity index is 2.23. The molecule has 98 valence electrons. The maximum absolute atomic E-state index is 11.3. The molecule has 0 heterocycles. The monoisotopic (exact) mass is 269 g/mol. The van der Waals surface area contributed by atoms with E-state index < -0.39 is 12.0 Å². The summed E-state index contributed by atoms with van der Waals surface area (Å²) in [6.07, 6.45) is 4.19. The highest BCUT2D eigenvalue weighted by atomic mass is 35.5. The number of hydrogen-bond acceptors (Lipinski definition) is 3. The highest BCUT2D eigenvalue weighted by Crippen LogP contribution is 2.29. The lowest BCUT2D eigenvalue weighted by Crippen LogP contribution is -2.35. The van der Waals surface area contributed by atoms with E-state index in [2.05, 4.69) is 5.32 Å². The number of aliphatic carboxylic acids is 1. The summed E-state index contributed by atoms with van der Waals surface area (Å²) in [7, 11) is 0. The normalized spacial score (nSPS) is 17.8. The third-order valence-corrected chi connectivity index (χ3v) is 3.54. The first-order chi connectivity index (χ1) is 8.58. The molecule has 0 aliphatic heterocycles. The topological polar surface area (TPSA) is 69.6 Å². The maximum Gasteiger partial charge on any atom is 0.325 e. The predicted octanol–water partition coefficient (Wildman–Crippen LogP) is 2.70. The van der Waals surface area contributed by atoms with Gasteiger partial charge in [-0.05, 0) is 31.0 Å². The zero-order valence-electron chi connectivity index (χ0n) is 9.90. The van der Waals surface area contributed by atoms with Crippen molar-refractivity contribution in [2.24, 2.45) is 0 Å². The molecule has 1 unspecified atom stereocenters. The van der Waals surface area contributed by atoms with E-state index in [0.717, 1.165) is 25.7 Å². The molecule has 0 bridgehead atoms. The van der Waals surface area contributed by atoms with Gasteiger partial charge in [-0.2, -0.15) is 0 Å². The number of hydrogen-bond donors (Lipinski definition) is 3. The van der Waals surface area contributed by atoms with Crippen LogP contribution in [0.3, 0.4) is 0 Å². The number of carboxylic acids is 1. The fraction of sp³-hybridized carbons (Fsp3) is 0.462. The number of carboxylic acid groups (broad SMARTS) is 1. The minimum Gasteiger partial charge on any atom is -0.508 e. The molecule has 0 radical (unpaired) electrons. The van der Waals surface area contributed by atoms with Gasteiger partial charge in [-0.25, -0.2) is 0 Å². The number of nitrogens with one attached hydrogen (secondary N) is 1. The van der Waals surface area contributed by atoms with Gasteiger partial charge >= 0.3 is 5.97 Å². The molecule has 1 fully saturated rings. The molecule has 1 aromatic carbocycles. The average Bonchev–Trinajstić information content (AvgIpc) is 2.82. The zero-order chi connectivity index (χ0) is 13.1. The molecule has 18 heavy (non-hydrogen) atoms. The first-order valence-corrected chi connectivity index (χ1v) is 6.43. The first kappa shape index (κ1) is 13.2. The van der Waals surface area contributed by atoms with Crippen LogP contribution in [0.2, 0.25) is 5.02 Å². The molecule has 3 N–H and O–H groups in total. The summed E-state index contributed by atoms with van der Waals surface area (Å²) in [6, 6.07) is 3.74. The minimum absolute atomic E-state index is 0.0442. The van der Waals surface area contributed by atoms with Gasteiger partial charge in [0, 0.05) is 16.6 Å². The van der Waals surface area contributed by atoms with E-state index in [0.29, 0.717) is 10.6 Å². The van der Waals surface area contributed by atoms with E-state index in [4.69, 9.17) is 11.6 Å². The fourth-order valence-corrected chi connectivity index (χ4v) is 2.56. The lowest BCUT2D eigenvalue weighted by atomic mass is 10.0. The van der Waals surface area contributed by atoms with Crippen LogP contribution >= 0.6 is 11.6 Å². The van der Waals surface area contributed by atoms with Crippen molar-refractivity contribution >= 4 is 17.6 Å². The largest absolute Gasteiger partial charge is 0.508 e. The Morgan fingerprint density at radius 1 is 1.39 bits per heavy atom. The second kappa shape index (κ2) is 5.59. The number of rotatable bonds is 4. The van der Waals surface area contributed by atoms with E-state index in [1.807, 2.05) is 0 Å². The van der Waals surface area contributed by atoms with Gasteiger partial charge in [0.1, 0.15) is 11.8 Å². The van der Waals surface area contributed by atoms with Gasteiger partial charge in [0.05, 0.1) is 0 Å². The fourth-order valence-electron chi connectivity index (χ4n) is 2.38. The van der Waals surface area contributed by atoms with Crippen molar-refractivity contribution in [2.45, 2.75) is 37.8 Å². The van der Waals surface area contributed by atoms with Crippen molar-refractivity contribution in [1.29, 1.82) is 0 Å². The lowest BCUT2D eigenvalue weighted by Gasteiger charge is -2.20. The maximum atomic E-state index is 11.3. The molecule has 1 atom stereocenters. The van der Waals surface area contributed by atoms with Crippen LogP contribution in [0.4, 0.5) is 0 Å². The first-order valence-electron chi connectivity index (χ1n) is 6.05. The average molecular weight is 270 g/mol. The highest BCUT2D eigenvalue weighted by molar-refractivity contribution is 6.30. The van der Waals surface area contributed by atoms with Crippen LogP contribution < -0.4 is 5.32 Å². The highest BCUT2D eigenvalue weighted by Gasteiger charge is 2.27. The standard InChI is InChI=1S/C13H16ClNO3/c14-8-5-6-11(16)10(7-8)12(13(17)18)15-9-3-1-2-4-9/h5-7,9,12,15-16H,1-4H2,(H,17,18). The summed E-state index contributed by atoms with van der Waals surface area (Å²) in [5.74, 6) is -1.04. The van der Waals surface area contributed by atoms with Crippen molar-refractivity contribution in [3.8, 4) is 5.75 Å². The molecule has 2 rings (SSSR count). The third kappa shape index (κ3) is 2.94. The molecular formula is C13H16ClNO3. The number of aromatic hydroxyl groups is 1. The molecule has 1 aliphatic rings. The van der Waals surface area contributed by atoms with Crippen LogP contribution in [-0.2, 0) is 4.79 Å². The van der Waals surface area contributed by atoms with E-state index in [1.54, 1.807) is 0 Å². The smallest absolute Gasteiger partial charge is 0.325 e. The van der Waals surface area contributed by atoms with Crippen LogP contribution in [0.1, 0.15) is 37.3 Å². The predicted molar refractivity (Wildman–Crippen MR) is 68.9 cm³/mol. The molecule has 0 saturated heterocycles. The van der Waals surface area contributed by atoms with Crippen LogP contribution in [0.5, 0.6) is 5.75 Å². The van der Waals surface area contributed by atoms with Gasteiger partial charge in [-0.15, -0.1) is 0 Å². The summed E-state index contributed by atoms with van der Waals surface area (Å²) in [5, 5.41) is 22.6. The van der Waals surface area contributed by atoms with E-state index >= 15 is 0 Å². The summed E-state index contributed by atoms with van der Waals surface area (Å²) >= 11 is 5.85. The molecule has 4 nitrogen and oxygen atoms in total. The van der Waals surface area contributed by atoms with Crippen LogP contribution in [0, 0.1) is 0 Å². The Labute approximate surface area is 111 Å². The van der Waals surface area contributed by atoms with E-state index in [9.17, 15) is 15.0 Å². The third-order valence-electron chi connectivity index (χ3n) is 3.31. The van der Waals surface area contributed by atoms with Crippen molar-refractivity contribution < 1.29 is 15.0 Å². The summed E-state index contributed by atoms with van der Waals surface area (Å²) in [5.41, 5.74) is 0.321. The van der Waals surface area contributed by atoms with Crippen molar-refractivity contribution in [3.63, 3.8) is 0 Å². The number of phenols is 1. The molecule has 0 aromatic heterocycles. The Hall–Kier alpha value is -1.26. The molecular weight excluding hydrogens is 254 g/mol. The molecule has 0 spiro atoms. The Morgan fingerprint density at radius 3 is 2.67 bits per heavy atom. The Bertz CT molecular complexity index is 444. The quantitative estimate of drug-likeness (QED) is 0.786. The van der Waals surface area contributed by atoms with Gasteiger partial charge in [-0.3, -0.25) is 10.1 Å². The van der Waals surface area contributed by atoms with Crippen LogP contribution in [0.25, 0.3) is 0 Å². The number of halogens is 1. The van der Waals surface area contributed by atoms with Gasteiger partial charge < -0.3 is 10.2 Å². The lowest BCUT2D eigenvalue weighted by molar-refractivity contribution is -0.140. The molecule has 0 amide bonds. The van der Waals surface area contributed by atoms with Crippen LogP contribution in [-0.4, -0.2) is 22.2 Å². The van der Waals surface area contributed by atoms with E-state index in [1.165, 1.54) is 18.2 Å². The SMILES string of the molecule is O=C(O)C(NC1CCCC1)c1cc(Cl)ccc1O. The van der Waals surface area contributed by atoms with Crippen molar-refractivity contribution in [1.82, 2.24) is 5.32 Å². The molecule has 1 saturated carbocycles. The summed E-state index contributed by atoms with van der Waals surface area (Å²) < 4.78 is 0. The van der Waals surface area contributed by atoms with E-state index in [-0.39, 0.29) is 11.8 Å². The number of carbonyl (C=O) groups is 1. The molecule has 1 aliphatic carbocycles.